The van der Waals surface area contributed by atoms with E-state index in [1.54, 1.807) is 6.07 Å². The van der Waals surface area contributed by atoms with Gasteiger partial charge in [0, 0.05) is 6.54 Å². The third kappa shape index (κ3) is 3.58. The summed E-state index contributed by atoms with van der Waals surface area (Å²) in [7, 11) is 0. The maximum Gasteiger partial charge on any atom is 0.243 e. The summed E-state index contributed by atoms with van der Waals surface area (Å²) in [5.41, 5.74) is -0.199. The lowest BCUT2D eigenvalue weighted by Gasteiger charge is -2.10. The first kappa shape index (κ1) is 15.0. The maximum absolute atomic E-state index is 13.5. The van der Waals surface area contributed by atoms with E-state index in [0.717, 1.165) is 6.42 Å². The molecule has 0 spiro atoms. The van der Waals surface area contributed by atoms with Gasteiger partial charge in [-0.05, 0) is 18.6 Å². The second-order valence-corrected chi connectivity index (χ2v) is 4.51. The highest BCUT2D eigenvalue weighted by Crippen LogP contribution is 2.30. The van der Waals surface area contributed by atoms with Crippen molar-refractivity contribution in [1.29, 1.82) is 5.26 Å². The molecule has 21 heavy (non-hydrogen) atoms. The standard InChI is InChI=1S/C14H12ClFN4O/c1-2-6-18-14-19-8-10(15)13(20-14)21-12-5-3-4-11(16)9(12)7-17/h3-5,8H,2,6H2,1H3,(H,18,19,20). The van der Waals surface area contributed by atoms with Gasteiger partial charge < -0.3 is 10.1 Å². The number of anilines is 1. The molecule has 7 heteroatoms. The molecule has 1 aromatic heterocycles. The Morgan fingerprint density at radius 2 is 2.29 bits per heavy atom. The number of nitrogens with zero attached hydrogens (tertiary/aromatic N) is 3. The molecule has 0 amide bonds. The van der Waals surface area contributed by atoms with Gasteiger partial charge >= 0.3 is 0 Å². The lowest BCUT2D eigenvalue weighted by molar-refractivity contribution is 0.455. The summed E-state index contributed by atoms with van der Waals surface area (Å²) in [6, 6.07) is 5.84. The normalized spacial score (nSPS) is 10.0. The highest BCUT2D eigenvalue weighted by Gasteiger charge is 2.13. The lowest BCUT2D eigenvalue weighted by atomic mass is 10.2. The lowest BCUT2D eigenvalue weighted by Crippen LogP contribution is -2.05. The quantitative estimate of drug-likeness (QED) is 0.910. The van der Waals surface area contributed by atoms with Gasteiger partial charge in [-0.15, -0.1) is 0 Å². The van der Waals surface area contributed by atoms with E-state index in [1.165, 1.54) is 24.4 Å². The van der Waals surface area contributed by atoms with E-state index in [0.29, 0.717) is 12.5 Å². The number of nitriles is 1. The molecular formula is C14H12ClFN4O. The zero-order chi connectivity index (χ0) is 15.2. The number of hydrogen-bond acceptors (Lipinski definition) is 5. The Balaban J connectivity index is 2.31. The second-order valence-electron chi connectivity index (χ2n) is 4.10. The molecule has 0 radical (unpaired) electrons. The molecule has 5 nitrogen and oxygen atoms in total. The first-order chi connectivity index (χ1) is 10.2. The summed E-state index contributed by atoms with van der Waals surface area (Å²) in [4.78, 5) is 8.11. The SMILES string of the molecule is CCCNc1ncc(Cl)c(Oc2cccc(F)c2C#N)n1. The van der Waals surface area contributed by atoms with Crippen LogP contribution in [0.5, 0.6) is 11.6 Å². The predicted molar refractivity (Wildman–Crippen MR) is 77.0 cm³/mol. The third-order valence-electron chi connectivity index (χ3n) is 2.54. The molecule has 1 N–H and O–H groups in total. The van der Waals surface area contributed by atoms with Gasteiger partial charge in [-0.2, -0.15) is 10.2 Å². The van der Waals surface area contributed by atoms with Crippen LogP contribution in [-0.2, 0) is 0 Å². The van der Waals surface area contributed by atoms with Gasteiger partial charge in [0.2, 0.25) is 11.8 Å². The Labute approximate surface area is 126 Å². The topological polar surface area (TPSA) is 70.8 Å². The molecule has 1 heterocycles. The Hall–Kier alpha value is -2.39. The molecule has 0 fully saturated rings. The van der Waals surface area contributed by atoms with Crippen LogP contribution in [0.2, 0.25) is 5.02 Å². The Morgan fingerprint density at radius 3 is 3.00 bits per heavy atom. The molecule has 0 saturated heterocycles. The minimum absolute atomic E-state index is 0.0551. The van der Waals surface area contributed by atoms with Gasteiger partial charge in [0.05, 0.1) is 6.20 Å². The fourth-order valence-corrected chi connectivity index (χ4v) is 1.68. The summed E-state index contributed by atoms with van der Waals surface area (Å²) in [6.07, 6.45) is 2.29. The van der Waals surface area contributed by atoms with Crippen molar-refractivity contribution in [3.8, 4) is 17.7 Å². The van der Waals surface area contributed by atoms with Gasteiger partial charge in [0.15, 0.2) is 0 Å². The average molecular weight is 307 g/mol. The minimum Gasteiger partial charge on any atom is -0.436 e. The van der Waals surface area contributed by atoms with Crippen LogP contribution in [0.25, 0.3) is 0 Å². The smallest absolute Gasteiger partial charge is 0.243 e. The Bertz CT molecular complexity index is 687. The van der Waals surface area contributed by atoms with Gasteiger partial charge in [-0.3, -0.25) is 0 Å². The largest absolute Gasteiger partial charge is 0.436 e. The van der Waals surface area contributed by atoms with Crippen LogP contribution < -0.4 is 10.1 Å². The number of nitrogens with one attached hydrogen (secondary N) is 1. The number of ether oxygens (including phenoxy) is 1. The van der Waals surface area contributed by atoms with Crippen LogP contribution in [0.15, 0.2) is 24.4 Å². The van der Waals surface area contributed by atoms with E-state index in [-0.39, 0.29) is 22.2 Å². The van der Waals surface area contributed by atoms with Gasteiger partial charge in [-0.1, -0.05) is 24.6 Å². The van der Waals surface area contributed by atoms with E-state index < -0.39 is 5.82 Å². The van der Waals surface area contributed by atoms with E-state index in [4.69, 9.17) is 21.6 Å². The molecule has 108 valence electrons. The van der Waals surface area contributed by atoms with E-state index in [9.17, 15) is 4.39 Å². The van der Waals surface area contributed by atoms with Crippen molar-refractivity contribution in [2.45, 2.75) is 13.3 Å². The van der Waals surface area contributed by atoms with Gasteiger partial charge in [0.25, 0.3) is 0 Å². The molecule has 0 aliphatic carbocycles. The summed E-state index contributed by atoms with van der Waals surface area (Å²) >= 11 is 5.96. The number of aromatic nitrogens is 2. The fraction of sp³-hybridized carbons (Fsp3) is 0.214. The van der Waals surface area contributed by atoms with Crippen molar-refractivity contribution in [1.82, 2.24) is 9.97 Å². The summed E-state index contributed by atoms with van der Waals surface area (Å²) in [5.74, 6) is -0.192. The number of rotatable bonds is 5. The molecule has 2 rings (SSSR count). The highest BCUT2D eigenvalue weighted by molar-refractivity contribution is 6.31. The van der Waals surface area contributed by atoms with E-state index >= 15 is 0 Å². The first-order valence-corrected chi connectivity index (χ1v) is 6.66. The molecule has 0 bridgehead atoms. The van der Waals surface area contributed by atoms with Gasteiger partial charge in [-0.25, -0.2) is 9.37 Å². The molecular weight excluding hydrogens is 295 g/mol. The number of halogens is 2. The minimum atomic E-state index is -0.662. The van der Waals surface area contributed by atoms with Crippen molar-refractivity contribution in [3.05, 3.63) is 40.8 Å². The summed E-state index contributed by atoms with van der Waals surface area (Å²) in [5, 5.41) is 12.1. The van der Waals surface area contributed by atoms with Crippen LogP contribution in [0.4, 0.5) is 10.3 Å². The zero-order valence-corrected chi connectivity index (χ0v) is 12.0. The second kappa shape index (κ2) is 6.86. The van der Waals surface area contributed by atoms with E-state index in [2.05, 4.69) is 15.3 Å². The summed E-state index contributed by atoms with van der Waals surface area (Å²) in [6.45, 7) is 2.71. The molecule has 1 aromatic carbocycles. The first-order valence-electron chi connectivity index (χ1n) is 6.28. The number of benzene rings is 1. The predicted octanol–water partition coefficient (Wildman–Crippen LogP) is 3.75. The monoisotopic (exact) mass is 306 g/mol. The molecule has 2 aromatic rings. The van der Waals surface area contributed by atoms with Crippen LogP contribution >= 0.6 is 11.6 Å². The Morgan fingerprint density at radius 1 is 1.48 bits per heavy atom. The molecule has 0 saturated carbocycles. The van der Waals surface area contributed by atoms with Crippen molar-refractivity contribution in [3.63, 3.8) is 0 Å². The molecule has 0 atom stereocenters. The Kier molecular flexibility index (Phi) is 4.90. The van der Waals surface area contributed by atoms with Crippen LogP contribution in [-0.4, -0.2) is 16.5 Å². The van der Waals surface area contributed by atoms with Crippen molar-refractivity contribution >= 4 is 17.5 Å². The van der Waals surface area contributed by atoms with E-state index in [1.807, 2.05) is 6.92 Å². The van der Waals surface area contributed by atoms with Crippen molar-refractivity contribution in [2.75, 3.05) is 11.9 Å². The number of hydrogen-bond donors (Lipinski definition) is 1. The zero-order valence-electron chi connectivity index (χ0n) is 11.2. The average Bonchev–Trinajstić information content (AvgIpc) is 2.48. The van der Waals surface area contributed by atoms with Crippen LogP contribution in [0.1, 0.15) is 18.9 Å². The molecule has 0 unspecified atom stereocenters. The summed E-state index contributed by atoms with van der Waals surface area (Å²) < 4.78 is 19.0. The molecule has 0 aliphatic heterocycles. The van der Waals surface area contributed by atoms with Crippen molar-refractivity contribution < 1.29 is 9.13 Å². The third-order valence-corrected chi connectivity index (χ3v) is 2.80. The molecule has 0 aliphatic rings. The maximum atomic E-state index is 13.5. The van der Waals surface area contributed by atoms with Crippen molar-refractivity contribution in [2.24, 2.45) is 0 Å². The van der Waals surface area contributed by atoms with Crippen LogP contribution in [0, 0.1) is 17.1 Å². The fourth-order valence-electron chi connectivity index (χ4n) is 1.55. The van der Waals surface area contributed by atoms with Crippen LogP contribution in [0.3, 0.4) is 0 Å². The van der Waals surface area contributed by atoms with Gasteiger partial charge in [0.1, 0.15) is 28.2 Å². The highest BCUT2D eigenvalue weighted by atomic mass is 35.5.